The van der Waals surface area contributed by atoms with Crippen LogP contribution in [0.1, 0.15) is 25.0 Å². The van der Waals surface area contributed by atoms with Crippen molar-refractivity contribution in [2.24, 2.45) is 4.99 Å². The second-order valence-corrected chi connectivity index (χ2v) is 7.29. The number of piperazine rings is 1. The van der Waals surface area contributed by atoms with Crippen molar-refractivity contribution in [1.29, 1.82) is 0 Å². The van der Waals surface area contributed by atoms with Crippen LogP contribution in [0, 0.1) is 6.92 Å². The van der Waals surface area contributed by atoms with Gasteiger partial charge in [0.1, 0.15) is 12.4 Å². The number of halogens is 1. The summed E-state index contributed by atoms with van der Waals surface area (Å²) in [5, 5.41) is 6.83. The highest BCUT2D eigenvalue weighted by molar-refractivity contribution is 14.0. The maximum Gasteiger partial charge on any atom is 0.191 e. The van der Waals surface area contributed by atoms with Gasteiger partial charge in [0.2, 0.25) is 0 Å². The SMILES string of the molecule is CCOCCOc1cc(C)ccc1CNC(=NC)NCCN1CCN(CC)CC1.I. The number of aliphatic imine (C=N–C) groups is 1. The maximum absolute atomic E-state index is 5.93. The Morgan fingerprint density at radius 1 is 1.07 bits per heavy atom. The van der Waals surface area contributed by atoms with Crippen LogP contribution in [0.5, 0.6) is 5.75 Å². The first-order valence-corrected chi connectivity index (χ1v) is 10.9. The zero-order chi connectivity index (χ0) is 20.9. The van der Waals surface area contributed by atoms with Gasteiger partial charge in [0.15, 0.2) is 5.96 Å². The maximum atomic E-state index is 5.93. The lowest BCUT2D eigenvalue weighted by molar-refractivity contribution is 0.110. The van der Waals surface area contributed by atoms with Crippen LogP contribution in [0.2, 0.25) is 0 Å². The van der Waals surface area contributed by atoms with Gasteiger partial charge in [-0.25, -0.2) is 0 Å². The number of benzene rings is 1. The Morgan fingerprint density at radius 2 is 1.80 bits per heavy atom. The summed E-state index contributed by atoms with van der Waals surface area (Å²) in [6, 6.07) is 6.30. The lowest BCUT2D eigenvalue weighted by Crippen LogP contribution is -2.49. The second kappa shape index (κ2) is 15.7. The fourth-order valence-corrected chi connectivity index (χ4v) is 3.36. The minimum Gasteiger partial charge on any atom is -0.491 e. The van der Waals surface area contributed by atoms with E-state index in [1.165, 1.54) is 18.7 Å². The summed E-state index contributed by atoms with van der Waals surface area (Å²) < 4.78 is 11.3. The van der Waals surface area contributed by atoms with E-state index < -0.39 is 0 Å². The average Bonchev–Trinajstić information content (AvgIpc) is 2.75. The van der Waals surface area contributed by atoms with Crippen molar-refractivity contribution in [1.82, 2.24) is 20.4 Å². The highest BCUT2D eigenvalue weighted by Gasteiger charge is 2.14. The van der Waals surface area contributed by atoms with Crippen LogP contribution in [-0.2, 0) is 11.3 Å². The van der Waals surface area contributed by atoms with E-state index >= 15 is 0 Å². The molecule has 7 nitrogen and oxygen atoms in total. The molecule has 1 aromatic carbocycles. The fourth-order valence-electron chi connectivity index (χ4n) is 3.36. The third-order valence-corrected chi connectivity index (χ3v) is 5.21. The molecule has 0 aliphatic carbocycles. The van der Waals surface area contributed by atoms with Crippen LogP contribution in [0.4, 0.5) is 0 Å². The average molecular weight is 533 g/mol. The van der Waals surface area contributed by atoms with E-state index in [1.807, 2.05) is 14.0 Å². The first-order chi connectivity index (χ1) is 14.2. The van der Waals surface area contributed by atoms with E-state index in [4.69, 9.17) is 9.47 Å². The fraction of sp³-hybridized carbons (Fsp3) is 0.682. The van der Waals surface area contributed by atoms with E-state index in [9.17, 15) is 0 Å². The lowest BCUT2D eigenvalue weighted by Gasteiger charge is -2.34. The molecule has 1 saturated heterocycles. The second-order valence-electron chi connectivity index (χ2n) is 7.29. The summed E-state index contributed by atoms with van der Waals surface area (Å²) in [7, 11) is 1.81. The Hall–Kier alpha value is -1.10. The number of likely N-dealkylation sites (N-methyl/N-ethyl adjacent to an activating group) is 1. The van der Waals surface area contributed by atoms with Crippen molar-refractivity contribution in [2.45, 2.75) is 27.3 Å². The molecule has 1 aromatic rings. The van der Waals surface area contributed by atoms with Crippen molar-refractivity contribution in [2.75, 3.05) is 72.7 Å². The summed E-state index contributed by atoms with van der Waals surface area (Å²) >= 11 is 0. The summed E-state index contributed by atoms with van der Waals surface area (Å²) in [4.78, 5) is 9.36. The molecule has 8 heteroatoms. The van der Waals surface area contributed by atoms with Crippen molar-refractivity contribution < 1.29 is 9.47 Å². The smallest absolute Gasteiger partial charge is 0.191 e. The number of rotatable bonds is 11. The molecule has 0 unspecified atom stereocenters. The topological polar surface area (TPSA) is 61.4 Å². The molecule has 2 rings (SSSR count). The molecular weight excluding hydrogens is 493 g/mol. The summed E-state index contributed by atoms with van der Waals surface area (Å²) in [6.45, 7) is 16.5. The van der Waals surface area contributed by atoms with Gasteiger partial charge in [-0.05, 0) is 32.0 Å². The summed E-state index contributed by atoms with van der Waals surface area (Å²) in [5.41, 5.74) is 2.30. The lowest BCUT2D eigenvalue weighted by atomic mass is 10.1. The standard InChI is InChI=1S/C22H39N5O2.HI/c1-5-26-11-13-27(14-12-26)10-9-24-22(23-4)25-18-20-8-7-19(3)17-21(20)29-16-15-28-6-2;/h7-8,17H,5-6,9-16,18H2,1-4H3,(H2,23,24,25);1H. The monoisotopic (exact) mass is 533 g/mol. The number of hydrogen-bond acceptors (Lipinski definition) is 5. The molecule has 1 fully saturated rings. The van der Waals surface area contributed by atoms with Gasteiger partial charge in [-0.15, -0.1) is 24.0 Å². The number of aryl methyl sites for hydroxylation is 1. The van der Waals surface area contributed by atoms with Crippen molar-refractivity contribution in [3.8, 4) is 5.75 Å². The Balaban J connectivity index is 0.00000450. The Labute approximate surface area is 199 Å². The van der Waals surface area contributed by atoms with E-state index in [1.54, 1.807) is 0 Å². The Bertz CT molecular complexity index is 622. The predicted octanol–water partition coefficient (Wildman–Crippen LogP) is 2.33. The van der Waals surface area contributed by atoms with E-state index in [0.717, 1.165) is 50.0 Å². The molecule has 0 radical (unpaired) electrons. The third kappa shape index (κ3) is 9.80. The number of guanidine groups is 1. The van der Waals surface area contributed by atoms with Crippen LogP contribution in [-0.4, -0.2) is 88.4 Å². The Morgan fingerprint density at radius 3 is 2.47 bits per heavy atom. The van der Waals surface area contributed by atoms with E-state index in [-0.39, 0.29) is 24.0 Å². The zero-order valence-electron chi connectivity index (χ0n) is 19.1. The van der Waals surface area contributed by atoms with Crippen LogP contribution in [0.25, 0.3) is 0 Å². The van der Waals surface area contributed by atoms with Gasteiger partial charge in [0.25, 0.3) is 0 Å². The van der Waals surface area contributed by atoms with E-state index in [0.29, 0.717) is 26.4 Å². The van der Waals surface area contributed by atoms with Gasteiger partial charge < -0.3 is 25.0 Å². The summed E-state index contributed by atoms with van der Waals surface area (Å²) in [6.07, 6.45) is 0. The molecule has 0 amide bonds. The molecule has 30 heavy (non-hydrogen) atoms. The molecule has 1 aliphatic rings. The van der Waals surface area contributed by atoms with Gasteiger partial charge in [-0.3, -0.25) is 9.89 Å². The van der Waals surface area contributed by atoms with Crippen LogP contribution < -0.4 is 15.4 Å². The third-order valence-electron chi connectivity index (χ3n) is 5.21. The molecule has 2 N–H and O–H groups in total. The highest BCUT2D eigenvalue weighted by atomic mass is 127. The van der Waals surface area contributed by atoms with Crippen LogP contribution in [0.15, 0.2) is 23.2 Å². The normalized spacial score (nSPS) is 15.5. The molecule has 0 bridgehead atoms. The summed E-state index contributed by atoms with van der Waals surface area (Å²) in [5.74, 6) is 1.72. The quantitative estimate of drug-likeness (QED) is 0.197. The molecule has 172 valence electrons. The molecule has 0 spiro atoms. The number of nitrogens with one attached hydrogen (secondary N) is 2. The highest BCUT2D eigenvalue weighted by Crippen LogP contribution is 2.20. The first-order valence-electron chi connectivity index (χ1n) is 10.9. The van der Waals surface area contributed by atoms with Gasteiger partial charge in [0.05, 0.1) is 6.61 Å². The number of hydrogen-bond donors (Lipinski definition) is 2. The predicted molar refractivity (Wildman–Crippen MR) is 135 cm³/mol. The van der Waals surface area contributed by atoms with Crippen molar-refractivity contribution in [3.63, 3.8) is 0 Å². The van der Waals surface area contributed by atoms with Gasteiger partial charge >= 0.3 is 0 Å². The molecule has 1 heterocycles. The molecule has 0 atom stereocenters. The Kier molecular flexibility index (Phi) is 14.1. The van der Waals surface area contributed by atoms with Crippen molar-refractivity contribution in [3.05, 3.63) is 29.3 Å². The van der Waals surface area contributed by atoms with E-state index in [2.05, 4.69) is 57.5 Å². The number of nitrogens with zero attached hydrogens (tertiary/aromatic N) is 3. The molecule has 0 aromatic heterocycles. The van der Waals surface area contributed by atoms with Gasteiger partial charge in [-0.2, -0.15) is 0 Å². The van der Waals surface area contributed by atoms with Gasteiger partial charge in [-0.1, -0.05) is 19.1 Å². The van der Waals surface area contributed by atoms with Gasteiger partial charge in [0, 0.05) is 65.0 Å². The zero-order valence-corrected chi connectivity index (χ0v) is 21.4. The molecular formula is C22H40IN5O2. The molecule has 0 saturated carbocycles. The van der Waals surface area contributed by atoms with Crippen molar-refractivity contribution >= 4 is 29.9 Å². The minimum atomic E-state index is 0. The minimum absolute atomic E-state index is 0. The number of ether oxygens (including phenoxy) is 2. The van der Waals surface area contributed by atoms with Crippen LogP contribution >= 0.6 is 24.0 Å². The first kappa shape index (κ1) is 26.9. The molecule has 1 aliphatic heterocycles. The van der Waals surface area contributed by atoms with Crippen LogP contribution in [0.3, 0.4) is 0 Å². The largest absolute Gasteiger partial charge is 0.491 e.